The van der Waals surface area contributed by atoms with E-state index in [2.05, 4.69) is 36.5 Å². The van der Waals surface area contributed by atoms with Crippen LogP contribution in [0.1, 0.15) is 194 Å². The van der Waals surface area contributed by atoms with Gasteiger partial charge in [-0.3, -0.25) is 0 Å². The van der Waals surface area contributed by atoms with Crippen molar-refractivity contribution in [3.8, 4) is 0 Å². The van der Waals surface area contributed by atoms with Gasteiger partial charge in [-0.2, -0.15) is 0 Å². The summed E-state index contributed by atoms with van der Waals surface area (Å²) in [4.78, 5) is 3.19. The second kappa shape index (κ2) is 16.5. The molecule has 0 amide bonds. The maximum atomic E-state index is 10.6. The molecule has 5 N–H and O–H groups in total. The molecule has 404 valence electrons. The molecule has 3 unspecified atom stereocenters. The van der Waals surface area contributed by atoms with Gasteiger partial charge in [-0.05, 0) is 361 Å². The number of rotatable bonds is 8. The third kappa shape index (κ3) is 6.33. The Morgan fingerprint density at radius 2 is 0.671 bits per heavy atom. The predicted molar refractivity (Wildman–Crippen MR) is 282 cm³/mol. The van der Waals surface area contributed by atoms with Gasteiger partial charge in [-0.15, -0.1) is 0 Å². The molecule has 0 spiro atoms. The maximum Gasteiger partial charge on any atom is 0.0898 e. The standard InChI is InChI=1S/C17H25N3.C17H27N.C17H26O.C15H22O.ClH/c1-2-16(19-20-18)17-6-13-10-3-9-4-11(13)15(8-17)12(5-9)14(10)7-17;2*1-2-16(18)17-6-13-10-3-9-4-11(13)15(8-17)12(5-9)14(10)7-17;16-7-15-4-12-9-1-8-2-10(12)14(6-15)11(3-8)13(9)5-15;/h9-16H,2-8H2,1H3;9-16H,2-8,18H2,1H3;9-16,18H,2-8H2,1H3;8-14,16H,1-7H2;1H. The van der Waals surface area contributed by atoms with Crippen molar-refractivity contribution in [2.45, 2.75) is 212 Å². The summed E-state index contributed by atoms with van der Waals surface area (Å²) in [6.07, 6.45) is 39.5. The zero-order chi connectivity index (χ0) is 48.1. The smallest absolute Gasteiger partial charge is 0.0898 e. The van der Waals surface area contributed by atoms with E-state index in [-0.39, 0.29) is 24.6 Å². The summed E-state index contributed by atoms with van der Waals surface area (Å²) in [6, 6.07) is 1.03. The zero-order valence-corrected chi connectivity index (χ0v) is 46.8. The molecule has 28 saturated carbocycles. The first-order valence-electron chi connectivity index (χ1n) is 33.1. The Hall–Kier alpha value is -0.520. The molecule has 0 radical (unpaired) electrons. The topological polar surface area (TPSA) is 117 Å². The van der Waals surface area contributed by atoms with Crippen LogP contribution in [0.3, 0.4) is 0 Å². The highest BCUT2D eigenvalue weighted by atomic mass is 35.5. The van der Waals surface area contributed by atoms with Crippen LogP contribution in [0.4, 0.5) is 0 Å². The Morgan fingerprint density at radius 3 is 0.904 bits per heavy atom. The lowest BCUT2D eigenvalue weighted by atomic mass is 9.32. The Kier molecular flexibility index (Phi) is 11.0. The van der Waals surface area contributed by atoms with Crippen molar-refractivity contribution in [3.05, 3.63) is 10.4 Å². The van der Waals surface area contributed by atoms with E-state index in [9.17, 15) is 10.2 Å². The Bertz CT molecular complexity index is 1920. The van der Waals surface area contributed by atoms with E-state index in [0.717, 1.165) is 167 Å². The molecule has 0 aromatic carbocycles. The number of azide groups is 1. The van der Waals surface area contributed by atoms with Gasteiger partial charge < -0.3 is 28.4 Å². The summed E-state index contributed by atoms with van der Waals surface area (Å²) in [6.45, 7) is 7.27. The van der Waals surface area contributed by atoms with E-state index in [1.807, 2.05) is 0 Å². The highest BCUT2D eigenvalue weighted by Crippen LogP contribution is 2.79. The first-order chi connectivity index (χ1) is 35.0. The number of aliphatic hydroxyl groups excluding tert-OH is 2. The number of aliphatic hydroxyl groups is 2. The average molecular weight is 1020 g/mol. The molecule has 28 rings (SSSR count). The highest BCUT2D eigenvalue weighted by Gasteiger charge is 2.72. The molecular weight excluding hydrogens is 916 g/mol. The molecule has 73 heavy (non-hydrogen) atoms. The minimum atomic E-state index is 0. The van der Waals surface area contributed by atoms with Crippen LogP contribution in [0.2, 0.25) is 0 Å². The van der Waals surface area contributed by atoms with Crippen molar-refractivity contribution in [2.75, 3.05) is 6.61 Å². The largest absolute Gasteiger partial charge is 1.00 e. The lowest BCUT2D eigenvalue weighted by Gasteiger charge is -2.73. The van der Waals surface area contributed by atoms with E-state index < -0.39 is 0 Å². The van der Waals surface area contributed by atoms with Gasteiger partial charge in [0.25, 0.3) is 0 Å². The zero-order valence-electron chi connectivity index (χ0n) is 46.0. The van der Waals surface area contributed by atoms with Gasteiger partial charge in [0.1, 0.15) is 0 Å². The van der Waals surface area contributed by atoms with Gasteiger partial charge in [0.15, 0.2) is 0 Å². The molecule has 0 heterocycles. The summed E-state index contributed by atoms with van der Waals surface area (Å²) in [5, 5.41) is 24.6. The number of nitrogens with zero attached hydrogens (tertiary/aromatic N) is 3. The number of hydrogen-bond donors (Lipinski definition) is 3. The second-order valence-electron chi connectivity index (χ2n) is 33.6. The van der Waals surface area contributed by atoms with Crippen LogP contribution in [0.15, 0.2) is 5.11 Å². The normalized spacial score (nSPS) is 63.2. The molecular formula is C66H101ClN4O2. The van der Waals surface area contributed by atoms with Gasteiger partial charge in [0.2, 0.25) is 0 Å². The quantitative estimate of drug-likeness (QED) is 0.128. The SMILES string of the molecule is CCC(N=[N+]=[N-])C12CC3C4CC5CC3C(C1)C(C5)C4C2.CCC(O)C12CC3C4CC5CC3C(C1)C(C5)C4C2.CCC([NH3+])C12CC3C4CC5CC3C(C1)C(C5)C4C2.OCC12CC3C4CC5CC3C(C1)C(C5)C4C2.[Cl-]. The number of hydrogen-bond acceptors (Lipinski definition) is 3. The third-order valence-corrected chi connectivity index (χ3v) is 32.3. The van der Waals surface area contributed by atoms with Crippen molar-refractivity contribution in [3.63, 3.8) is 0 Å². The molecule has 28 aliphatic carbocycles. The van der Waals surface area contributed by atoms with Crippen molar-refractivity contribution >= 4 is 0 Å². The first-order valence-corrected chi connectivity index (χ1v) is 33.1. The van der Waals surface area contributed by atoms with Crippen molar-refractivity contribution in [2.24, 2.45) is 192 Å². The molecule has 7 heteroatoms. The van der Waals surface area contributed by atoms with Crippen LogP contribution >= 0.6 is 0 Å². The molecule has 28 fully saturated rings. The van der Waals surface area contributed by atoms with Gasteiger partial charge in [-0.25, -0.2) is 0 Å². The van der Waals surface area contributed by atoms with Gasteiger partial charge in [-0.1, -0.05) is 25.9 Å². The molecule has 0 aliphatic heterocycles. The van der Waals surface area contributed by atoms with E-state index in [1.165, 1.54) is 82.0 Å². The predicted octanol–water partition coefficient (Wildman–Crippen LogP) is 10.7. The van der Waals surface area contributed by atoms with Crippen LogP contribution in [0.25, 0.3) is 10.4 Å². The molecule has 6 nitrogen and oxygen atoms in total. The van der Waals surface area contributed by atoms with Crippen LogP contribution in [-0.2, 0) is 0 Å². The monoisotopic (exact) mass is 1020 g/mol. The molecule has 32 bridgehead atoms. The molecule has 28 aliphatic rings. The fourth-order valence-electron chi connectivity index (χ4n) is 31.0. The van der Waals surface area contributed by atoms with E-state index >= 15 is 0 Å². The fourth-order valence-corrected chi connectivity index (χ4v) is 31.0. The van der Waals surface area contributed by atoms with E-state index in [0.29, 0.717) is 28.3 Å². The summed E-state index contributed by atoms with van der Waals surface area (Å²) in [5.41, 5.74) is 15.4. The highest BCUT2D eigenvalue weighted by molar-refractivity contribution is 5.21. The van der Waals surface area contributed by atoms with Crippen LogP contribution in [0, 0.1) is 187 Å². The summed E-state index contributed by atoms with van der Waals surface area (Å²) < 4.78 is 0. The number of quaternary nitrogens is 1. The first kappa shape index (κ1) is 48.4. The maximum absolute atomic E-state index is 10.6. The summed E-state index contributed by atoms with van der Waals surface area (Å²) >= 11 is 0. The van der Waals surface area contributed by atoms with Gasteiger partial charge in [0, 0.05) is 23.0 Å². The molecule has 0 saturated heterocycles. The Balaban J connectivity index is 0.0000000830. The van der Waals surface area contributed by atoms with Crippen LogP contribution in [-0.4, -0.2) is 35.0 Å². The lowest BCUT2D eigenvalue weighted by molar-refractivity contribution is -0.465. The second-order valence-corrected chi connectivity index (χ2v) is 33.6. The van der Waals surface area contributed by atoms with Crippen LogP contribution < -0.4 is 18.1 Å². The Morgan fingerprint density at radius 1 is 0.411 bits per heavy atom. The molecule has 3 atom stereocenters. The van der Waals surface area contributed by atoms with Crippen molar-refractivity contribution in [1.29, 1.82) is 0 Å². The molecule has 0 aromatic rings. The van der Waals surface area contributed by atoms with Gasteiger partial charge in [0.05, 0.1) is 12.1 Å². The average Bonchev–Trinajstić information content (AvgIpc) is 3.43. The minimum absolute atomic E-state index is 0. The third-order valence-electron chi connectivity index (χ3n) is 32.3. The fraction of sp³-hybridized carbons (Fsp3) is 1.00. The minimum Gasteiger partial charge on any atom is -1.00 e. The van der Waals surface area contributed by atoms with E-state index in [4.69, 9.17) is 5.53 Å². The Labute approximate surface area is 448 Å². The van der Waals surface area contributed by atoms with Gasteiger partial charge >= 0.3 is 0 Å². The van der Waals surface area contributed by atoms with Crippen molar-refractivity contribution < 1.29 is 28.4 Å². The summed E-state index contributed by atoms with van der Waals surface area (Å²) in [7, 11) is 0. The van der Waals surface area contributed by atoms with E-state index in [1.54, 1.807) is 96.3 Å². The summed E-state index contributed by atoms with van der Waals surface area (Å²) in [5.74, 6) is 30.3. The lowest BCUT2D eigenvalue weighted by Crippen LogP contribution is -3.00. The van der Waals surface area contributed by atoms with Crippen molar-refractivity contribution in [1.82, 2.24) is 0 Å². The molecule has 0 aromatic heterocycles. The van der Waals surface area contributed by atoms with Crippen LogP contribution in [0.5, 0.6) is 0 Å². The number of halogens is 1.